The molecule has 1 aromatic heterocycles. The van der Waals surface area contributed by atoms with E-state index in [9.17, 15) is 9.18 Å². The number of aryl methyl sites for hydroxylation is 2. The standard InChI is InChI=1S/C29H30FN3O3/c1-19-10-11-20(2)25(16-19)33-26(18-24(31-33)22-8-6-7-9-23(22)30)29(34)32(3)15-14-21-12-13-27(35-4)28(17-21)36-5/h6-13,16-18H,14-15H2,1-5H3. The zero-order chi connectivity index (χ0) is 25.8. The molecular weight excluding hydrogens is 457 g/mol. The van der Waals surface area contributed by atoms with Gasteiger partial charge in [-0.2, -0.15) is 5.10 Å². The van der Waals surface area contributed by atoms with Crippen molar-refractivity contribution in [3.05, 3.63) is 94.9 Å². The predicted octanol–water partition coefficient (Wildman–Crippen LogP) is 5.63. The van der Waals surface area contributed by atoms with Crippen LogP contribution in [0.15, 0.2) is 66.7 Å². The summed E-state index contributed by atoms with van der Waals surface area (Å²) in [4.78, 5) is 15.3. The van der Waals surface area contributed by atoms with Gasteiger partial charge in [-0.3, -0.25) is 4.79 Å². The fraction of sp³-hybridized carbons (Fsp3) is 0.241. The minimum atomic E-state index is -0.385. The average Bonchev–Trinajstić information content (AvgIpc) is 3.33. The van der Waals surface area contributed by atoms with Crippen molar-refractivity contribution in [3.63, 3.8) is 0 Å². The Morgan fingerprint density at radius 2 is 1.72 bits per heavy atom. The molecule has 0 atom stereocenters. The number of hydrogen-bond acceptors (Lipinski definition) is 4. The number of carbonyl (C=O) groups is 1. The number of aromatic nitrogens is 2. The average molecular weight is 488 g/mol. The molecule has 7 heteroatoms. The van der Waals surface area contributed by atoms with Gasteiger partial charge in [0.05, 0.1) is 25.6 Å². The third-order valence-corrected chi connectivity index (χ3v) is 6.20. The lowest BCUT2D eigenvalue weighted by Crippen LogP contribution is -2.30. The lowest BCUT2D eigenvalue weighted by atomic mass is 10.1. The second-order valence-electron chi connectivity index (χ2n) is 8.76. The maximum absolute atomic E-state index is 14.6. The van der Waals surface area contributed by atoms with Gasteiger partial charge in [0.15, 0.2) is 11.5 Å². The van der Waals surface area contributed by atoms with Crippen molar-refractivity contribution in [3.8, 4) is 28.4 Å². The minimum absolute atomic E-state index is 0.202. The van der Waals surface area contributed by atoms with Crippen molar-refractivity contribution in [2.24, 2.45) is 0 Å². The molecule has 3 aromatic carbocycles. The fourth-order valence-electron chi connectivity index (χ4n) is 4.10. The van der Waals surface area contributed by atoms with E-state index in [-0.39, 0.29) is 11.7 Å². The molecule has 4 rings (SSSR count). The van der Waals surface area contributed by atoms with Gasteiger partial charge in [0.2, 0.25) is 0 Å². The molecule has 186 valence electrons. The zero-order valence-corrected chi connectivity index (χ0v) is 21.2. The molecule has 0 fully saturated rings. The van der Waals surface area contributed by atoms with E-state index in [2.05, 4.69) is 5.10 Å². The van der Waals surface area contributed by atoms with Crippen molar-refractivity contribution in [2.45, 2.75) is 20.3 Å². The van der Waals surface area contributed by atoms with Crippen LogP contribution in [-0.4, -0.2) is 48.4 Å². The van der Waals surface area contributed by atoms with Crippen molar-refractivity contribution < 1.29 is 18.7 Å². The van der Waals surface area contributed by atoms with Crippen molar-refractivity contribution in [1.82, 2.24) is 14.7 Å². The highest BCUT2D eigenvalue weighted by atomic mass is 19.1. The van der Waals surface area contributed by atoms with E-state index in [1.165, 1.54) is 6.07 Å². The lowest BCUT2D eigenvalue weighted by Gasteiger charge is -2.19. The molecule has 0 aliphatic heterocycles. The van der Waals surface area contributed by atoms with Gasteiger partial charge in [-0.05, 0) is 73.4 Å². The Labute approximate surface area is 210 Å². The van der Waals surface area contributed by atoms with Crippen LogP contribution < -0.4 is 9.47 Å². The summed E-state index contributed by atoms with van der Waals surface area (Å²) in [5, 5.41) is 4.68. The van der Waals surface area contributed by atoms with Crippen molar-refractivity contribution >= 4 is 5.91 Å². The van der Waals surface area contributed by atoms with E-state index < -0.39 is 0 Å². The van der Waals surface area contributed by atoms with E-state index in [4.69, 9.17) is 9.47 Å². The molecule has 0 N–H and O–H groups in total. The smallest absolute Gasteiger partial charge is 0.272 e. The van der Waals surface area contributed by atoms with Gasteiger partial charge >= 0.3 is 0 Å². The number of carbonyl (C=O) groups excluding carboxylic acids is 1. The summed E-state index contributed by atoms with van der Waals surface area (Å²) >= 11 is 0. The minimum Gasteiger partial charge on any atom is -0.493 e. The molecule has 0 unspecified atom stereocenters. The monoisotopic (exact) mass is 487 g/mol. The number of likely N-dealkylation sites (N-methyl/N-ethyl adjacent to an activating group) is 1. The quantitative estimate of drug-likeness (QED) is 0.323. The van der Waals surface area contributed by atoms with Gasteiger partial charge in [-0.15, -0.1) is 0 Å². The summed E-state index contributed by atoms with van der Waals surface area (Å²) < 4.78 is 26.9. The highest BCUT2D eigenvalue weighted by Crippen LogP contribution is 2.29. The number of nitrogens with zero attached hydrogens (tertiary/aromatic N) is 3. The number of rotatable bonds is 8. The van der Waals surface area contributed by atoms with Crippen LogP contribution in [0.25, 0.3) is 16.9 Å². The first kappa shape index (κ1) is 25.0. The largest absolute Gasteiger partial charge is 0.493 e. The normalized spacial score (nSPS) is 10.8. The Hall–Kier alpha value is -4.13. The van der Waals surface area contributed by atoms with Gasteiger partial charge in [-0.1, -0.05) is 30.3 Å². The third kappa shape index (κ3) is 5.10. The van der Waals surface area contributed by atoms with E-state index in [1.807, 2.05) is 50.2 Å². The van der Waals surface area contributed by atoms with E-state index in [0.717, 1.165) is 22.4 Å². The number of methoxy groups -OCH3 is 2. The summed E-state index contributed by atoms with van der Waals surface area (Å²) in [7, 11) is 4.95. The Morgan fingerprint density at radius 1 is 0.972 bits per heavy atom. The summed E-state index contributed by atoms with van der Waals surface area (Å²) in [5.74, 6) is 0.714. The summed E-state index contributed by atoms with van der Waals surface area (Å²) in [5.41, 5.74) is 4.94. The lowest BCUT2D eigenvalue weighted by molar-refractivity contribution is 0.0787. The first-order valence-electron chi connectivity index (χ1n) is 11.7. The molecule has 0 aliphatic rings. The van der Waals surface area contributed by atoms with Crippen LogP contribution in [0.1, 0.15) is 27.2 Å². The second kappa shape index (κ2) is 10.6. The van der Waals surface area contributed by atoms with Gasteiger partial charge in [0, 0.05) is 19.2 Å². The summed E-state index contributed by atoms with van der Waals surface area (Å²) in [6.07, 6.45) is 0.625. The second-order valence-corrected chi connectivity index (χ2v) is 8.76. The number of ether oxygens (including phenoxy) is 2. The molecule has 0 radical (unpaired) electrons. The predicted molar refractivity (Wildman–Crippen MR) is 139 cm³/mol. The number of hydrogen-bond donors (Lipinski definition) is 0. The molecule has 0 saturated heterocycles. The van der Waals surface area contributed by atoms with Gasteiger partial charge in [-0.25, -0.2) is 9.07 Å². The first-order chi connectivity index (χ1) is 17.3. The summed E-state index contributed by atoms with van der Waals surface area (Å²) in [6, 6.07) is 19.8. The SMILES string of the molecule is COc1ccc(CCN(C)C(=O)c2cc(-c3ccccc3F)nn2-c2cc(C)ccc2C)cc1OC. The van der Waals surface area contributed by atoms with Crippen molar-refractivity contribution in [1.29, 1.82) is 0 Å². The number of benzene rings is 3. The molecule has 0 saturated carbocycles. The van der Waals surface area contributed by atoms with Crippen LogP contribution in [0.4, 0.5) is 4.39 Å². The van der Waals surface area contributed by atoms with E-state index in [0.29, 0.717) is 41.4 Å². The molecule has 0 bridgehead atoms. The maximum Gasteiger partial charge on any atom is 0.272 e. The van der Waals surface area contributed by atoms with Gasteiger partial charge < -0.3 is 14.4 Å². The summed E-state index contributed by atoms with van der Waals surface area (Å²) in [6.45, 7) is 4.43. The van der Waals surface area contributed by atoms with Crippen LogP contribution in [0.3, 0.4) is 0 Å². The van der Waals surface area contributed by atoms with Gasteiger partial charge in [0.1, 0.15) is 11.5 Å². The zero-order valence-electron chi connectivity index (χ0n) is 21.2. The van der Waals surface area contributed by atoms with Crippen LogP contribution in [0.2, 0.25) is 0 Å². The maximum atomic E-state index is 14.6. The van der Waals surface area contributed by atoms with E-state index in [1.54, 1.807) is 55.1 Å². The Morgan fingerprint density at radius 3 is 2.44 bits per heavy atom. The Bertz CT molecular complexity index is 1400. The molecule has 0 aliphatic carbocycles. The topological polar surface area (TPSA) is 56.6 Å². The highest BCUT2D eigenvalue weighted by Gasteiger charge is 2.23. The number of amides is 1. The van der Waals surface area contributed by atoms with Crippen LogP contribution in [0.5, 0.6) is 11.5 Å². The molecule has 0 spiro atoms. The van der Waals surface area contributed by atoms with E-state index >= 15 is 0 Å². The molecule has 36 heavy (non-hydrogen) atoms. The van der Waals surface area contributed by atoms with Crippen LogP contribution in [0, 0.1) is 19.7 Å². The first-order valence-corrected chi connectivity index (χ1v) is 11.7. The molecule has 1 heterocycles. The molecule has 4 aromatic rings. The molecule has 1 amide bonds. The highest BCUT2D eigenvalue weighted by molar-refractivity contribution is 5.94. The molecular formula is C29H30FN3O3. The van der Waals surface area contributed by atoms with Crippen molar-refractivity contribution in [2.75, 3.05) is 27.8 Å². The van der Waals surface area contributed by atoms with Crippen LogP contribution >= 0.6 is 0 Å². The fourth-order valence-corrected chi connectivity index (χ4v) is 4.10. The van der Waals surface area contributed by atoms with Crippen LogP contribution in [-0.2, 0) is 6.42 Å². The number of halogens is 1. The Balaban J connectivity index is 1.67. The Kier molecular flexibility index (Phi) is 7.38. The molecule has 6 nitrogen and oxygen atoms in total. The van der Waals surface area contributed by atoms with Gasteiger partial charge in [0.25, 0.3) is 5.91 Å². The third-order valence-electron chi connectivity index (χ3n) is 6.20.